The van der Waals surface area contributed by atoms with E-state index in [2.05, 4.69) is 14.5 Å². The molecule has 2 aromatic rings. The predicted octanol–water partition coefficient (Wildman–Crippen LogP) is 1.73. The molecule has 0 amide bonds. The summed E-state index contributed by atoms with van der Waals surface area (Å²) in [6.07, 6.45) is 6.70. The summed E-state index contributed by atoms with van der Waals surface area (Å²) in [4.78, 5) is 8.48. The lowest BCUT2D eigenvalue weighted by atomic mass is 10.2. The third-order valence-electron chi connectivity index (χ3n) is 4.61. The highest BCUT2D eigenvalue weighted by Gasteiger charge is 2.44. The Balaban J connectivity index is 1.52. The summed E-state index contributed by atoms with van der Waals surface area (Å²) in [5.74, 6) is 1.49. The minimum absolute atomic E-state index is 0.185. The van der Waals surface area contributed by atoms with E-state index in [0.717, 1.165) is 24.4 Å². The highest BCUT2D eigenvalue weighted by atomic mass is 32.2. The number of fused-ring (bicyclic) bond motifs is 1. The molecule has 0 spiro atoms. The van der Waals surface area contributed by atoms with Crippen LogP contribution in [0.15, 0.2) is 30.7 Å². The van der Waals surface area contributed by atoms with Crippen LogP contribution < -0.4 is 4.74 Å². The third-order valence-corrected chi connectivity index (χ3v) is 7.08. The maximum atomic E-state index is 12.5. The number of ether oxygens (including phenoxy) is 1. The molecule has 128 valence electrons. The second kappa shape index (κ2) is 5.86. The van der Waals surface area contributed by atoms with Crippen LogP contribution in [0.3, 0.4) is 0 Å². The zero-order chi connectivity index (χ0) is 16.7. The first-order valence-corrected chi connectivity index (χ1v) is 9.65. The molecule has 0 unspecified atom stereocenters. The molecule has 2 aromatic heterocycles. The minimum Gasteiger partial charge on any atom is -0.486 e. The Morgan fingerprint density at radius 1 is 1.29 bits per heavy atom. The van der Waals surface area contributed by atoms with Crippen molar-refractivity contribution in [3.63, 3.8) is 0 Å². The highest BCUT2D eigenvalue weighted by molar-refractivity contribution is 7.90. The topological polar surface area (TPSA) is 77.3 Å². The van der Waals surface area contributed by atoms with Crippen LogP contribution in [0.4, 0.5) is 0 Å². The maximum Gasteiger partial charge on any atom is 0.217 e. The van der Waals surface area contributed by atoms with Crippen molar-refractivity contribution >= 4 is 10.0 Å². The zero-order valence-corrected chi connectivity index (χ0v) is 14.3. The molecule has 0 radical (unpaired) electrons. The van der Waals surface area contributed by atoms with Crippen molar-refractivity contribution in [3.05, 3.63) is 42.2 Å². The Morgan fingerprint density at radius 2 is 2.12 bits per heavy atom. The largest absolute Gasteiger partial charge is 0.486 e. The van der Waals surface area contributed by atoms with E-state index in [1.165, 1.54) is 0 Å². The van der Waals surface area contributed by atoms with Gasteiger partial charge in [0.25, 0.3) is 0 Å². The van der Waals surface area contributed by atoms with Gasteiger partial charge in [-0.2, -0.15) is 4.31 Å². The number of pyridine rings is 1. The second-order valence-corrected chi connectivity index (χ2v) is 8.43. The fourth-order valence-electron chi connectivity index (χ4n) is 3.15. The molecule has 1 atom stereocenters. The molecule has 0 bridgehead atoms. The van der Waals surface area contributed by atoms with Crippen LogP contribution in [0.25, 0.3) is 0 Å². The minimum atomic E-state index is -3.19. The Labute approximate surface area is 141 Å². The van der Waals surface area contributed by atoms with Crippen LogP contribution in [0.1, 0.15) is 37.3 Å². The zero-order valence-electron chi connectivity index (χ0n) is 13.5. The molecule has 2 aliphatic rings. The normalized spacial score (nSPS) is 21.5. The highest BCUT2D eigenvalue weighted by Crippen LogP contribution is 2.36. The summed E-state index contributed by atoms with van der Waals surface area (Å²) < 4.78 is 34.5. The van der Waals surface area contributed by atoms with Gasteiger partial charge in [-0.1, -0.05) is 0 Å². The van der Waals surface area contributed by atoms with Crippen molar-refractivity contribution in [1.29, 1.82) is 0 Å². The number of sulfonamides is 1. The average molecular weight is 348 g/mol. The van der Waals surface area contributed by atoms with E-state index in [1.54, 1.807) is 22.9 Å². The number of hydrogen-bond acceptors (Lipinski definition) is 5. The van der Waals surface area contributed by atoms with Gasteiger partial charge in [0.1, 0.15) is 18.2 Å². The molecular weight excluding hydrogens is 328 g/mol. The summed E-state index contributed by atoms with van der Waals surface area (Å²) in [5, 5.41) is -0.185. The van der Waals surface area contributed by atoms with Gasteiger partial charge in [0.05, 0.1) is 29.4 Å². The molecule has 0 saturated heterocycles. The standard InChI is InChI=1S/C16H20N4O3S/c1-12-16-18-9-13(11-23-14-3-2-6-17-10-14)19(16)7-8-20(12)24(21,22)15-4-5-15/h2-3,6,9-10,12,15H,4-5,7-8,11H2,1H3/t12-/m0/s1. The van der Waals surface area contributed by atoms with Crippen LogP contribution in [0, 0.1) is 0 Å². The SMILES string of the molecule is C[C@H]1c2ncc(COc3cccnc3)n2CCN1S(=O)(=O)C1CC1. The molecule has 1 aliphatic heterocycles. The van der Waals surface area contributed by atoms with Crippen LogP contribution in [0.2, 0.25) is 0 Å². The Morgan fingerprint density at radius 3 is 2.83 bits per heavy atom. The molecule has 7 nitrogen and oxygen atoms in total. The third kappa shape index (κ3) is 2.69. The molecular formula is C16H20N4O3S. The van der Waals surface area contributed by atoms with Crippen molar-refractivity contribution in [3.8, 4) is 5.75 Å². The number of hydrogen-bond donors (Lipinski definition) is 0. The van der Waals surface area contributed by atoms with Gasteiger partial charge in [-0.05, 0) is 31.9 Å². The van der Waals surface area contributed by atoms with Gasteiger partial charge in [-0.25, -0.2) is 13.4 Å². The van der Waals surface area contributed by atoms with Crippen LogP contribution in [-0.4, -0.2) is 39.1 Å². The lowest BCUT2D eigenvalue weighted by molar-refractivity contribution is 0.255. The van der Waals surface area contributed by atoms with Gasteiger partial charge >= 0.3 is 0 Å². The summed E-state index contributed by atoms with van der Waals surface area (Å²) in [5.41, 5.74) is 0.948. The second-order valence-electron chi connectivity index (χ2n) is 6.27. The first-order valence-electron chi connectivity index (χ1n) is 8.15. The quantitative estimate of drug-likeness (QED) is 0.822. The molecule has 3 heterocycles. The van der Waals surface area contributed by atoms with Crippen molar-refractivity contribution in [1.82, 2.24) is 18.8 Å². The van der Waals surface area contributed by atoms with Gasteiger partial charge in [0, 0.05) is 19.3 Å². The van der Waals surface area contributed by atoms with E-state index >= 15 is 0 Å². The van der Waals surface area contributed by atoms with Crippen molar-refractivity contribution in [2.45, 2.75) is 44.2 Å². The number of imidazole rings is 1. The monoisotopic (exact) mass is 348 g/mol. The van der Waals surface area contributed by atoms with Gasteiger partial charge in [-0.3, -0.25) is 4.98 Å². The Bertz CT molecular complexity index is 830. The summed E-state index contributed by atoms with van der Waals surface area (Å²) in [6, 6.07) is 3.44. The van der Waals surface area contributed by atoms with E-state index in [-0.39, 0.29) is 11.3 Å². The van der Waals surface area contributed by atoms with E-state index < -0.39 is 10.0 Å². The van der Waals surface area contributed by atoms with Gasteiger partial charge < -0.3 is 9.30 Å². The number of aromatic nitrogens is 3. The summed E-state index contributed by atoms with van der Waals surface area (Å²) >= 11 is 0. The first kappa shape index (κ1) is 15.6. The van der Waals surface area contributed by atoms with Gasteiger partial charge in [-0.15, -0.1) is 0 Å². The molecule has 8 heteroatoms. The van der Waals surface area contributed by atoms with E-state index in [9.17, 15) is 8.42 Å². The molecule has 0 N–H and O–H groups in total. The summed E-state index contributed by atoms with van der Waals surface area (Å²) in [6.45, 7) is 3.39. The maximum absolute atomic E-state index is 12.5. The molecule has 24 heavy (non-hydrogen) atoms. The fraction of sp³-hybridized carbons (Fsp3) is 0.500. The predicted molar refractivity (Wildman–Crippen MR) is 87.9 cm³/mol. The molecule has 1 aliphatic carbocycles. The Hall–Kier alpha value is -1.93. The Kier molecular flexibility index (Phi) is 3.80. The van der Waals surface area contributed by atoms with E-state index in [4.69, 9.17) is 4.74 Å². The fourth-order valence-corrected chi connectivity index (χ4v) is 5.14. The van der Waals surface area contributed by atoms with Crippen LogP contribution in [0.5, 0.6) is 5.75 Å². The van der Waals surface area contributed by atoms with Crippen molar-refractivity contribution in [2.24, 2.45) is 0 Å². The lowest BCUT2D eigenvalue weighted by Crippen LogP contribution is -2.43. The van der Waals surface area contributed by atoms with Crippen molar-refractivity contribution in [2.75, 3.05) is 6.54 Å². The molecule has 4 rings (SSSR count). The molecule has 0 aromatic carbocycles. The van der Waals surface area contributed by atoms with Gasteiger partial charge in [0.15, 0.2) is 0 Å². The van der Waals surface area contributed by atoms with E-state index in [1.807, 2.05) is 19.1 Å². The van der Waals surface area contributed by atoms with Crippen LogP contribution >= 0.6 is 0 Å². The van der Waals surface area contributed by atoms with Crippen LogP contribution in [-0.2, 0) is 23.2 Å². The average Bonchev–Trinajstić information content (AvgIpc) is 3.36. The smallest absolute Gasteiger partial charge is 0.217 e. The van der Waals surface area contributed by atoms with Crippen molar-refractivity contribution < 1.29 is 13.2 Å². The lowest BCUT2D eigenvalue weighted by Gasteiger charge is -2.33. The van der Waals surface area contributed by atoms with E-state index in [0.29, 0.717) is 25.4 Å². The summed E-state index contributed by atoms with van der Waals surface area (Å²) in [7, 11) is -3.19. The number of nitrogens with zero attached hydrogens (tertiary/aromatic N) is 4. The number of rotatable bonds is 5. The van der Waals surface area contributed by atoms with Gasteiger partial charge in [0.2, 0.25) is 10.0 Å². The molecule has 1 fully saturated rings. The first-order chi connectivity index (χ1) is 11.6. The molecule has 1 saturated carbocycles.